The van der Waals surface area contributed by atoms with E-state index in [0.717, 1.165) is 128 Å². The van der Waals surface area contributed by atoms with Gasteiger partial charge in [-0.1, -0.05) is 81.1 Å². The maximum absolute atomic E-state index is 14.5. The van der Waals surface area contributed by atoms with E-state index >= 15 is 0 Å². The molecule has 16 nitrogen and oxygen atoms in total. The number of benzene rings is 4. The zero-order chi connectivity index (χ0) is 53.3. The van der Waals surface area contributed by atoms with Crippen LogP contribution < -0.4 is 10.6 Å². The van der Waals surface area contributed by atoms with Crippen LogP contribution in [-0.4, -0.2) is 120 Å². The number of nitrogens with zero attached hydrogens (tertiary/aromatic N) is 4. The fourth-order valence-electron chi connectivity index (χ4n) is 13.8. The summed E-state index contributed by atoms with van der Waals surface area (Å²) < 4.78 is 20.6. The van der Waals surface area contributed by atoms with E-state index in [0.29, 0.717) is 37.9 Å². The zero-order valence-electron chi connectivity index (χ0n) is 45.2. The number of fused-ring (bicyclic) bond motifs is 4. The quantitative estimate of drug-likeness (QED) is 0.0816. The molecule has 2 saturated heterocycles. The number of aryl methyl sites for hydroxylation is 2. The van der Waals surface area contributed by atoms with Gasteiger partial charge in [-0.15, -0.1) is 0 Å². The molecule has 0 radical (unpaired) electrons. The van der Waals surface area contributed by atoms with Gasteiger partial charge >= 0.3 is 12.2 Å². The van der Waals surface area contributed by atoms with Crippen molar-refractivity contribution >= 4 is 46.1 Å². The first kappa shape index (κ1) is 52.3. The monoisotopic (exact) mass is 1050 g/mol. The SMILES string of the molecule is COCC[C@H](NC(=O)OC)C(=O)N1[C@H](c2nc3cc(-c4cc5ccc4CCc4ccc(c(-c6ccc7[nH]c([C@@H]8C[C@@H]9CCCC[C@@H]9N8C(=O)[C@H](CCOC)NC(=O)OC)nc7c6)c4)C[C@H]5C)ccc3[nH]2)C[C@@H]2CCCC[C@@H]21. The van der Waals surface area contributed by atoms with Crippen LogP contribution in [0, 0.1) is 11.8 Å². The Labute approximate surface area is 450 Å². The lowest BCUT2D eigenvalue weighted by atomic mass is 9.84. The molecule has 4 aromatic carbocycles. The highest BCUT2D eigenvalue weighted by atomic mass is 16.5. The van der Waals surface area contributed by atoms with Crippen LogP contribution in [0.15, 0.2) is 72.8 Å². The largest absolute Gasteiger partial charge is 0.453 e. The van der Waals surface area contributed by atoms with Crippen LogP contribution in [0.4, 0.5) is 9.59 Å². The number of methoxy groups -OCH3 is 4. The van der Waals surface area contributed by atoms with E-state index in [2.05, 4.69) is 100 Å². The van der Waals surface area contributed by atoms with Crippen molar-refractivity contribution in [2.45, 2.75) is 145 Å². The van der Waals surface area contributed by atoms with Gasteiger partial charge in [-0.2, -0.15) is 0 Å². The average Bonchev–Trinajstić information content (AvgIpc) is 4.27. The number of ether oxygens (including phenoxy) is 4. The number of nitrogens with one attached hydrogen (secondary N) is 4. The van der Waals surface area contributed by atoms with Gasteiger partial charge in [0.15, 0.2) is 0 Å². The lowest BCUT2D eigenvalue weighted by molar-refractivity contribution is -0.138. The van der Waals surface area contributed by atoms with E-state index in [9.17, 15) is 19.2 Å². The lowest BCUT2D eigenvalue weighted by Gasteiger charge is -2.35. The second-order valence-corrected chi connectivity index (χ2v) is 22.4. The molecule has 4 fully saturated rings. The maximum atomic E-state index is 14.5. The van der Waals surface area contributed by atoms with E-state index in [1.54, 1.807) is 14.2 Å². The van der Waals surface area contributed by atoms with Gasteiger partial charge in [0.25, 0.3) is 0 Å². The van der Waals surface area contributed by atoms with E-state index in [-0.39, 0.29) is 41.9 Å². The molecule has 6 aliphatic carbocycles. The lowest BCUT2D eigenvalue weighted by Crippen LogP contribution is -2.52. The summed E-state index contributed by atoms with van der Waals surface area (Å²) in [6.45, 7) is 2.97. The van der Waals surface area contributed by atoms with Crippen LogP contribution in [0.25, 0.3) is 44.3 Å². The smallest absolute Gasteiger partial charge is 0.407 e. The second-order valence-electron chi connectivity index (χ2n) is 22.4. The molecule has 2 aromatic heterocycles. The topological polar surface area (TPSA) is 193 Å². The second kappa shape index (κ2) is 22.7. The maximum Gasteiger partial charge on any atom is 0.407 e. The normalized spacial score (nSPS) is 23.7. The van der Waals surface area contributed by atoms with Crippen molar-refractivity contribution in [2.75, 3.05) is 41.7 Å². The number of amides is 4. The fraction of sp³-hybridized carbons (Fsp3) is 0.508. The molecule has 2 aliphatic heterocycles. The Morgan fingerprint density at radius 2 is 1.12 bits per heavy atom. The molecule has 4 bridgehead atoms. The zero-order valence-corrected chi connectivity index (χ0v) is 45.2. The molecule has 0 unspecified atom stereocenters. The van der Waals surface area contributed by atoms with Crippen molar-refractivity contribution < 1.29 is 38.1 Å². The first-order valence-electron chi connectivity index (χ1n) is 28.1. The van der Waals surface area contributed by atoms with Crippen molar-refractivity contribution in [3.8, 4) is 22.3 Å². The highest BCUT2D eigenvalue weighted by Gasteiger charge is 2.49. The molecular formula is C61H74N8O8. The van der Waals surface area contributed by atoms with E-state index in [4.69, 9.17) is 28.9 Å². The molecule has 6 aromatic rings. The van der Waals surface area contributed by atoms with Crippen LogP contribution in [0.2, 0.25) is 0 Å². The van der Waals surface area contributed by atoms with Crippen molar-refractivity contribution in [1.82, 2.24) is 40.4 Å². The molecule has 9 atom stereocenters. The Morgan fingerprint density at radius 1 is 0.610 bits per heavy atom. The number of H-pyrrole nitrogens is 2. The summed E-state index contributed by atoms with van der Waals surface area (Å²) in [4.78, 5) is 75.8. The molecule has 0 spiro atoms. The minimum Gasteiger partial charge on any atom is -0.453 e. The Bertz CT molecular complexity index is 3150. The van der Waals surface area contributed by atoms with E-state index < -0.39 is 24.3 Å². The number of carbonyl (C=O) groups is 4. The van der Waals surface area contributed by atoms with Gasteiger partial charge in [-0.3, -0.25) is 9.59 Å². The Kier molecular flexibility index (Phi) is 15.4. The number of alkyl carbamates (subject to hydrolysis) is 2. The molecule has 4 N–H and O–H groups in total. The number of likely N-dealkylation sites (tertiary alicyclic amines) is 2. The minimum absolute atomic E-state index is 0.0809. The van der Waals surface area contributed by atoms with Gasteiger partial charge in [-0.05, 0) is 144 Å². The van der Waals surface area contributed by atoms with Crippen molar-refractivity contribution in [1.29, 1.82) is 0 Å². The highest BCUT2D eigenvalue weighted by Crippen LogP contribution is 2.48. The van der Waals surface area contributed by atoms with Crippen LogP contribution >= 0.6 is 0 Å². The van der Waals surface area contributed by atoms with Gasteiger partial charge in [-0.25, -0.2) is 19.6 Å². The third-order valence-corrected chi connectivity index (χ3v) is 17.8. The molecule has 16 heteroatoms. The number of carbonyl (C=O) groups excluding carboxylic acids is 4. The predicted molar refractivity (Wildman–Crippen MR) is 294 cm³/mol. The van der Waals surface area contributed by atoms with E-state index in [1.165, 1.54) is 47.6 Å². The minimum atomic E-state index is -0.773. The Hall–Kier alpha value is -6.78. The predicted octanol–water partition coefficient (Wildman–Crippen LogP) is 10.4. The fourth-order valence-corrected chi connectivity index (χ4v) is 13.8. The third kappa shape index (κ3) is 10.5. The van der Waals surface area contributed by atoms with Gasteiger partial charge in [0.05, 0.1) is 48.4 Å². The molecule has 4 amide bonds. The summed E-state index contributed by atoms with van der Waals surface area (Å²) >= 11 is 0. The highest BCUT2D eigenvalue weighted by molar-refractivity contribution is 5.89. The molecule has 2 saturated carbocycles. The molecular weight excluding hydrogens is 973 g/mol. The summed E-state index contributed by atoms with van der Waals surface area (Å²) in [7, 11) is 5.82. The van der Waals surface area contributed by atoms with Gasteiger partial charge in [0.1, 0.15) is 23.7 Å². The molecule has 4 heterocycles. The number of imidazole rings is 2. The van der Waals surface area contributed by atoms with Crippen molar-refractivity contribution in [3.05, 3.63) is 107 Å². The molecule has 8 aliphatic rings. The number of aromatic nitrogens is 4. The van der Waals surface area contributed by atoms with Gasteiger partial charge < -0.3 is 49.3 Å². The van der Waals surface area contributed by atoms with Crippen molar-refractivity contribution in [3.63, 3.8) is 0 Å². The third-order valence-electron chi connectivity index (χ3n) is 17.8. The summed E-state index contributed by atoms with van der Waals surface area (Å²) in [6, 6.07) is 25.1. The van der Waals surface area contributed by atoms with Crippen molar-refractivity contribution in [2.24, 2.45) is 11.8 Å². The van der Waals surface area contributed by atoms with Crippen LogP contribution in [-0.2, 0) is 47.8 Å². The molecule has 77 heavy (non-hydrogen) atoms. The standard InChI is InChI=1S/C61H74N8O8/c1-35-28-39-17-15-36(29-44(39)40-20-22-46-50(31-40)64-56(62-46)54-33-42-10-6-8-12-52(42)68(54)58(70)48(24-26-74-2)66-60(72)76-4)14-16-37-18-19-38(35)30-45(37)41-21-23-47-51(32-41)65-57(63-47)55-34-43-11-7-9-13-53(43)69(55)59(71)49(25-27-75-3)67-61(73)77-5/h15,17-23,29-32,35,42-43,48-49,52-55H,6-14,16,24-28,33-34H2,1-5H3,(H,62,64)(H,63,65)(H,66,72)(H,67,73)/t35-,42+,43+,48+,49+,52+,53+,54+,55+/m1/s1. The van der Waals surface area contributed by atoms with Crippen LogP contribution in [0.3, 0.4) is 0 Å². The molecule has 14 rings (SSSR count). The summed E-state index contributed by atoms with van der Waals surface area (Å²) in [6.07, 6.45) is 12.0. The Morgan fingerprint density at radius 3 is 1.64 bits per heavy atom. The van der Waals surface area contributed by atoms with Crippen LogP contribution in [0.1, 0.15) is 136 Å². The first-order chi connectivity index (χ1) is 37.5. The summed E-state index contributed by atoms with van der Waals surface area (Å²) in [5, 5.41) is 5.59. The number of aromatic amines is 2. The first-order valence-corrected chi connectivity index (χ1v) is 28.1. The average molecular weight is 1050 g/mol. The summed E-state index contributed by atoms with van der Waals surface area (Å²) in [5.74, 6) is 2.26. The van der Waals surface area contributed by atoms with Gasteiger partial charge in [0.2, 0.25) is 11.8 Å². The summed E-state index contributed by atoms with van der Waals surface area (Å²) in [5.41, 5.74) is 13.3. The number of hydrogen-bond donors (Lipinski definition) is 4. The van der Waals surface area contributed by atoms with Crippen LogP contribution in [0.5, 0.6) is 0 Å². The molecule has 406 valence electrons. The number of hydrogen-bond acceptors (Lipinski definition) is 10. The van der Waals surface area contributed by atoms with Gasteiger partial charge in [0, 0.05) is 52.4 Å². The number of rotatable bonds is 14. The van der Waals surface area contributed by atoms with E-state index in [1.807, 2.05) is 9.80 Å². The Balaban J connectivity index is 0.855.